The van der Waals surface area contributed by atoms with Gasteiger partial charge in [0.05, 0.1) is 7.11 Å². The monoisotopic (exact) mass is 202 g/mol. The summed E-state index contributed by atoms with van der Waals surface area (Å²) in [5.41, 5.74) is 1.16. The summed E-state index contributed by atoms with van der Waals surface area (Å²) in [6.07, 6.45) is 4.56. The van der Waals surface area contributed by atoms with Crippen molar-refractivity contribution in [2.45, 2.75) is 6.42 Å². The number of rotatable bonds is 3. The summed E-state index contributed by atoms with van der Waals surface area (Å²) < 4.78 is 7.32. The highest BCUT2D eigenvalue weighted by molar-refractivity contribution is 5.35. The first kappa shape index (κ1) is 9.77. The fraction of sp³-hybridized carbons (Fsp3) is 0.250. The zero-order valence-electron chi connectivity index (χ0n) is 8.97. The Bertz CT molecular complexity index is 448. The van der Waals surface area contributed by atoms with Gasteiger partial charge >= 0.3 is 0 Å². The van der Waals surface area contributed by atoms with Crippen LogP contribution in [0.1, 0.15) is 11.4 Å². The van der Waals surface area contributed by atoms with Crippen molar-refractivity contribution in [2.24, 2.45) is 7.05 Å². The number of benzene rings is 1. The van der Waals surface area contributed by atoms with Crippen LogP contribution < -0.4 is 4.74 Å². The molecular formula is C12H14N2O. The van der Waals surface area contributed by atoms with E-state index < -0.39 is 0 Å². The lowest BCUT2D eigenvalue weighted by molar-refractivity contribution is 0.410. The fourth-order valence-corrected chi connectivity index (χ4v) is 1.59. The number of hydrogen-bond acceptors (Lipinski definition) is 2. The maximum absolute atomic E-state index is 5.30. The van der Waals surface area contributed by atoms with Crippen molar-refractivity contribution in [1.29, 1.82) is 0 Å². The van der Waals surface area contributed by atoms with Gasteiger partial charge in [0.15, 0.2) is 0 Å². The van der Waals surface area contributed by atoms with Crippen molar-refractivity contribution >= 4 is 0 Å². The third kappa shape index (κ3) is 2.01. The molecule has 2 rings (SSSR count). The molecule has 0 spiro atoms. The number of ether oxygens (including phenoxy) is 1. The summed E-state index contributed by atoms with van der Waals surface area (Å²) in [5.74, 6) is 1.96. The molecule has 0 atom stereocenters. The molecule has 0 unspecified atom stereocenters. The second-order valence-electron chi connectivity index (χ2n) is 3.44. The van der Waals surface area contributed by atoms with Gasteiger partial charge in [0.1, 0.15) is 11.6 Å². The Hall–Kier alpha value is -1.77. The predicted molar refractivity (Wildman–Crippen MR) is 59.0 cm³/mol. The second-order valence-corrected chi connectivity index (χ2v) is 3.44. The third-order valence-corrected chi connectivity index (χ3v) is 2.46. The molecule has 15 heavy (non-hydrogen) atoms. The number of aromatic nitrogens is 2. The zero-order valence-corrected chi connectivity index (χ0v) is 8.97. The molecule has 0 N–H and O–H groups in total. The van der Waals surface area contributed by atoms with E-state index in [-0.39, 0.29) is 0 Å². The Kier molecular flexibility index (Phi) is 2.72. The molecule has 0 aliphatic rings. The minimum atomic E-state index is 0.799. The van der Waals surface area contributed by atoms with Crippen molar-refractivity contribution in [1.82, 2.24) is 9.55 Å². The first-order valence-corrected chi connectivity index (χ1v) is 4.89. The molecule has 2 aromatic rings. The van der Waals surface area contributed by atoms with Crippen LogP contribution in [0.15, 0.2) is 36.7 Å². The van der Waals surface area contributed by atoms with Gasteiger partial charge in [-0.2, -0.15) is 0 Å². The van der Waals surface area contributed by atoms with Crippen molar-refractivity contribution in [2.75, 3.05) is 7.11 Å². The lowest BCUT2D eigenvalue weighted by Gasteiger charge is -2.07. The van der Waals surface area contributed by atoms with Crippen molar-refractivity contribution < 1.29 is 4.74 Å². The van der Waals surface area contributed by atoms with Crippen molar-refractivity contribution in [3.8, 4) is 5.75 Å². The Morgan fingerprint density at radius 1 is 1.33 bits per heavy atom. The molecule has 1 heterocycles. The van der Waals surface area contributed by atoms with Crippen molar-refractivity contribution in [3.63, 3.8) is 0 Å². The second kappa shape index (κ2) is 4.17. The number of aryl methyl sites for hydroxylation is 1. The molecular weight excluding hydrogens is 188 g/mol. The molecule has 0 aliphatic heterocycles. The van der Waals surface area contributed by atoms with Crippen LogP contribution in [0.4, 0.5) is 0 Å². The topological polar surface area (TPSA) is 27.1 Å². The van der Waals surface area contributed by atoms with Gasteiger partial charge < -0.3 is 9.30 Å². The molecule has 0 radical (unpaired) electrons. The lowest BCUT2D eigenvalue weighted by atomic mass is 10.1. The maximum atomic E-state index is 5.30. The van der Waals surface area contributed by atoms with Gasteiger partial charge in [0.25, 0.3) is 0 Å². The number of para-hydroxylation sites is 1. The number of hydrogen-bond donors (Lipinski definition) is 0. The Morgan fingerprint density at radius 2 is 2.13 bits per heavy atom. The van der Waals surface area contributed by atoms with E-state index in [1.54, 1.807) is 7.11 Å². The van der Waals surface area contributed by atoms with Crippen LogP contribution in [-0.2, 0) is 13.5 Å². The summed E-state index contributed by atoms with van der Waals surface area (Å²) in [7, 11) is 3.69. The number of nitrogens with zero attached hydrogens (tertiary/aromatic N) is 2. The highest BCUT2D eigenvalue weighted by Gasteiger charge is 2.05. The van der Waals surface area contributed by atoms with Gasteiger partial charge in [-0.1, -0.05) is 18.2 Å². The molecule has 3 nitrogen and oxygen atoms in total. The molecule has 0 saturated carbocycles. The summed E-state index contributed by atoms with van der Waals surface area (Å²) in [6, 6.07) is 8.02. The van der Waals surface area contributed by atoms with Gasteiger partial charge in [0.2, 0.25) is 0 Å². The molecule has 0 aliphatic carbocycles. The Labute approximate surface area is 89.3 Å². The van der Waals surface area contributed by atoms with Gasteiger partial charge in [-0.25, -0.2) is 4.98 Å². The summed E-state index contributed by atoms with van der Waals surface area (Å²) in [6.45, 7) is 0. The molecule has 0 amide bonds. The molecule has 78 valence electrons. The Balaban J connectivity index is 2.28. The summed E-state index contributed by atoms with van der Waals surface area (Å²) in [4.78, 5) is 4.29. The largest absolute Gasteiger partial charge is 0.496 e. The minimum Gasteiger partial charge on any atom is -0.496 e. The SMILES string of the molecule is COc1ccccc1Cc1nccn1C. The van der Waals surface area contributed by atoms with Crippen LogP contribution in [0, 0.1) is 0 Å². The molecule has 3 heteroatoms. The van der Waals surface area contributed by atoms with Gasteiger partial charge in [0, 0.05) is 31.4 Å². The van der Waals surface area contributed by atoms with Crippen LogP contribution in [-0.4, -0.2) is 16.7 Å². The van der Waals surface area contributed by atoms with E-state index in [0.717, 1.165) is 23.6 Å². The van der Waals surface area contributed by atoms with Gasteiger partial charge in [-0.3, -0.25) is 0 Å². The molecule has 1 aromatic carbocycles. The quantitative estimate of drug-likeness (QED) is 0.761. The first-order chi connectivity index (χ1) is 7.31. The van der Waals surface area contributed by atoms with Crippen LogP contribution in [0.5, 0.6) is 5.75 Å². The maximum Gasteiger partial charge on any atom is 0.122 e. The minimum absolute atomic E-state index is 0.799. The third-order valence-electron chi connectivity index (χ3n) is 2.46. The average molecular weight is 202 g/mol. The summed E-state index contributed by atoms with van der Waals surface area (Å²) >= 11 is 0. The zero-order chi connectivity index (χ0) is 10.7. The van der Waals surface area contributed by atoms with E-state index in [1.807, 2.05) is 42.2 Å². The van der Waals surface area contributed by atoms with Crippen LogP contribution in [0.2, 0.25) is 0 Å². The van der Waals surface area contributed by atoms with Crippen LogP contribution >= 0.6 is 0 Å². The molecule has 1 aromatic heterocycles. The molecule has 0 bridgehead atoms. The molecule has 0 fully saturated rings. The fourth-order valence-electron chi connectivity index (χ4n) is 1.59. The van der Waals surface area contributed by atoms with E-state index in [0.29, 0.717) is 0 Å². The highest BCUT2D eigenvalue weighted by Crippen LogP contribution is 2.19. The van der Waals surface area contributed by atoms with E-state index in [1.165, 1.54) is 0 Å². The average Bonchev–Trinajstić information content (AvgIpc) is 2.65. The molecule has 0 saturated heterocycles. The van der Waals surface area contributed by atoms with Gasteiger partial charge in [-0.05, 0) is 6.07 Å². The van der Waals surface area contributed by atoms with Crippen LogP contribution in [0.3, 0.4) is 0 Å². The lowest BCUT2D eigenvalue weighted by Crippen LogP contribution is -2.00. The standard InChI is InChI=1S/C12H14N2O/c1-14-8-7-13-12(14)9-10-5-3-4-6-11(10)15-2/h3-8H,9H2,1-2H3. The normalized spacial score (nSPS) is 10.3. The Morgan fingerprint density at radius 3 is 2.80 bits per heavy atom. The smallest absolute Gasteiger partial charge is 0.122 e. The highest BCUT2D eigenvalue weighted by atomic mass is 16.5. The van der Waals surface area contributed by atoms with Crippen LogP contribution in [0.25, 0.3) is 0 Å². The van der Waals surface area contributed by atoms with Gasteiger partial charge in [-0.15, -0.1) is 0 Å². The predicted octanol–water partition coefficient (Wildman–Crippen LogP) is 2.02. The van der Waals surface area contributed by atoms with Crippen molar-refractivity contribution in [3.05, 3.63) is 48.0 Å². The summed E-state index contributed by atoms with van der Waals surface area (Å²) in [5, 5.41) is 0. The van der Waals surface area contributed by atoms with E-state index in [9.17, 15) is 0 Å². The number of methoxy groups -OCH3 is 1. The number of imidazole rings is 1. The van der Waals surface area contributed by atoms with E-state index in [2.05, 4.69) is 11.1 Å². The first-order valence-electron chi connectivity index (χ1n) is 4.89. The van der Waals surface area contributed by atoms with E-state index in [4.69, 9.17) is 4.74 Å². The van der Waals surface area contributed by atoms with E-state index >= 15 is 0 Å².